The number of aliphatic carboxylic acids is 1. The standard InChI is InChI=1S/C16H17NO6/c1-2-10-7-16(21)23-13-8-11(3-4-12(10)13)22-9-14(18)17-6-5-15(19)20/h3-4,7-8H,2,5-6,9H2,1H3,(H,17,18)(H,19,20). The van der Waals surface area contributed by atoms with E-state index in [1.165, 1.54) is 6.07 Å². The largest absolute Gasteiger partial charge is 0.484 e. The number of carbonyl (C=O) groups excluding carboxylic acids is 1. The lowest BCUT2D eigenvalue weighted by molar-refractivity contribution is -0.137. The van der Waals surface area contributed by atoms with E-state index in [1.807, 2.05) is 6.92 Å². The zero-order chi connectivity index (χ0) is 16.8. The van der Waals surface area contributed by atoms with Crippen LogP contribution in [0.1, 0.15) is 18.9 Å². The summed E-state index contributed by atoms with van der Waals surface area (Å²) in [5.41, 5.74) is 0.852. The Hall–Kier alpha value is -2.83. The van der Waals surface area contributed by atoms with E-state index in [1.54, 1.807) is 18.2 Å². The number of rotatable bonds is 7. The Morgan fingerprint density at radius 2 is 2.09 bits per heavy atom. The van der Waals surface area contributed by atoms with E-state index < -0.39 is 17.5 Å². The van der Waals surface area contributed by atoms with Crippen molar-refractivity contribution in [1.29, 1.82) is 0 Å². The molecule has 0 saturated heterocycles. The summed E-state index contributed by atoms with van der Waals surface area (Å²) >= 11 is 0. The second kappa shape index (κ2) is 7.44. The molecule has 0 fully saturated rings. The van der Waals surface area contributed by atoms with Gasteiger partial charge in [0.2, 0.25) is 0 Å². The molecule has 2 N–H and O–H groups in total. The minimum absolute atomic E-state index is 0.0456. The first kappa shape index (κ1) is 16.5. The van der Waals surface area contributed by atoms with Gasteiger partial charge in [-0.3, -0.25) is 9.59 Å². The van der Waals surface area contributed by atoms with Gasteiger partial charge in [0.25, 0.3) is 5.91 Å². The van der Waals surface area contributed by atoms with E-state index in [9.17, 15) is 14.4 Å². The Bertz CT molecular complexity index is 780. The number of carboxylic acid groups (broad SMARTS) is 1. The van der Waals surface area contributed by atoms with Crippen molar-refractivity contribution < 1.29 is 23.8 Å². The summed E-state index contributed by atoms with van der Waals surface area (Å²) in [4.78, 5) is 33.4. The molecule has 2 rings (SSSR count). The SMILES string of the molecule is CCc1cc(=O)oc2cc(OCC(=O)NCCC(=O)O)ccc12. The molecule has 0 saturated carbocycles. The highest BCUT2D eigenvalue weighted by Gasteiger charge is 2.08. The molecule has 7 heteroatoms. The first-order chi connectivity index (χ1) is 11.0. The van der Waals surface area contributed by atoms with Crippen LogP contribution >= 0.6 is 0 Å². The summed E-state index contributed by atoms with van der Waals surface area (Å²) in [6.45, 7) is 1.74. The Kier molecular flexibility index (Phi) is 5.35. The Morgan fingerprint density at radius 3 is 2.78 bits per heavy atom. The molecule has 1 amide bonds. The molecular formula is C16H17NO6. The van der Waals surface area contributed by atoms with Crippen molar-refractivity contribution in [2.75, 3.05) is 13.2 Å². The number of carboxylic acids is 1. The van der Waals surface area contributed by atoms with Crippen LogP contribution in [0.15, 0.2) is 33.5 Å². The van der Waals surface area contributed by atoms with Gasteiger partial charge in [-0.05, 0) is 24.1 Å². The van der Waals surface area contributed by atoms with Crippen LogP contribution in [-0.4, -0.2) is 30.1 Å². The predicted octanol–water partition coefficient (Wildman–Crippen LogP) is 1.33. The van der Waals surface area contributed by atoms with Gasteiger partial charge in [-0.2, -0.15) is 0 Å². The Labute approximate surface area is 131 Å². The molecule has 0 bridgehead atoms. The van der Waals surface area contributed by atoms with Gasteiger partial charge in [0.15, 0.2) is 6.61 Å². The monoisotopic (exact) mass is 319 g/mol. The number of hydrogen-bond acceptors (Lipinski definition) is 5. The van der Waals surface area contributed by atoms with Crippen LogP contribution in [0.3, 0.4) is 0 Å². The second-order valence-corrected chi connectivity index (χ2v) is 4.88. The first-order valence-electron chi connectivity index (χ1n) is 7.17. The van der Waals surface area contributed by atoms with Crippen molar-refractivity contribution >= 4 is 22.8 Å². The topological polar surface area (TPSA) is 106 Å². The van der Waals surface area contributed by atoms with E-state index in [0.717, 1.165) is 10.9 Å². The van der Waals surface area contributed by atoms with Gasteiger partial charge in [0.05, 0.1) is 6.42 Å². The number of fused-ring (bicyclic) bond motifs is 1. The second-order valence-electron chi connectivity index (χ2n) is 4.88. The molecule has 0 atom stereocenters. The number of benzene rings is 1. The van der Waals surface area contributed by atoms with Gasteiger partial charge in [0.1, 0.15) is 11.3 Å². The van der Waals surface area contributed by atoms with Crippen LogP contribution in [0.5, 0.6) is 5.75 Å². The number of hydrogen-bond donors (Lipinski definition) is 2. The average molecular weight is 319 g/mol. The van der Waals surface area contributed by atoms with E-state index in [2.05, 4.69) is 5.32 Å². The van der Waals surface area contributed by atoms with Crippen molar-refractivity contribution in [3.63, 3.8) is 0 Å². The van der Waals surface area contributed by atoms with E-state index in [0.29, 0.717) is 17.8 Å². The molecule has 2 aromatic rings. The van der Waals surface area contributed by atoms with Gasteiger partial charge in [-0.25, -0.2) is 4.79 Å². The van der Waals surface area contributed by atoms with Crippen molar-refractivity contribution in [1.82, 2.24) is 5.32 Å². The highest BCUT2D eigenvalue weighted by Crippen LogP contribution is 2.22. The third-order valence-corrected chi connectivity index (χ3v) is 3.21. The van der Waals surface area contributed by atoms with Crippen LogP contribution in [-0.2, 0) is 16.0 Å². The van der Waals surface area contributed by atoms with Gasteiger partial charge in [-0.1, -0.05) is 6.92 Å². The molecule has 23 heavy (non-hydrogen) atoms. The van der Waals surface area contributed by atoms with Gasteiger partial charge >= 0.3 is 11.6 Å². The number of ether oxygens (including phenoxy) is 1. The normalized spacial score (nSPS) is 10.5. The Morgan fingerprint density at radius 1 is 1.30 bits per heavy atom. The third kappa shape index (κ3) is 4.57. The molecule has 0 aliphatic rings. The molecule has 7 nitrogen and oxygen atoms in total. The van der Waals surface area contributed by atoms with Crippen molar-refractivity contribution in [3.05, 3.63) is 40.2 Å². The predicted molar refractivity (Wildman–Crippen MR) is 82.6 cm³/mol. The minimum atomic E-state index is -0.984. The summed E-state index contributed by atoms with van der Waals surface area (Å²) in [6.07, 6.45) is 0.557. The summed E-state index contributed by atoms with van der Waals surface area (Å²) < 4.78 is 10.5. The van der Waals surface area contributed by atoms with Crippen molar-refractivity contribution in [2.24, 2.45) is 0 Å². The summed E-state index contributed by atoms with van der Waals surface area (Å²) in [7, 11) is 0. The molecule has 0 unspecified atom stereocenters. The van der Waals surface area contributed by atoms with Crippen LogP contribution in [0.4, 0.5) is 0 Å². The summed E-state index contributed by atoms with van der Waals surface area (Å²) in [5.74, 6) is -1.01. The lowest BCUT2D eigenvalue weighted by Gasteiger charge is -2.08. The van der Waals surface area contributed by atoms with Gasteiger partial charge in [0, 0.05) is 24.1 Å². The highest BCUT2D eigenvalue weighted by atomic mass is 16.5. The first-order valence-corrected chi connectivity index (χ1v) is 7.17. The van der Waals surface area contributed by atoms with Gasteiger partial charge in [-0.15, -0.1) is 0 Å². The van der Waals surface area contributed by atoms with E-state index in [-0.39, 0.29) is 19.6 Å². The molecular weight excluding hydrogens is 302 g/mol. The number of nitrogens with one attached hydrogen (secondary N) is 1. The van der Waals surface area contributed by atoms with E-state index in [4.69, 9.17) is 14.3 Å². The number of amides is 1. The minimum Gasteiger partial charge on any atom is -0.484 e. The smallest absolute Gasteiger partial charge is 0.336 e. The molecule has 0 radical (unpaired) electrons. The maximum absolute atomic E-state index is 11.5. The number of aryl methyl sites for hydroxylation is 1. The quantitative estimate of drug-likeness (QED) is 0.746. The van der Waals surface area contributed by atoms with Gasteiger partial charge < -0.3 is 19.6 Å². The van der Waals surface area contributed by atoms with Crippen LogP contribution < -0.4 is 15.7 Å². The summed E-state index contributed by atoms with van der Waals surface area (Å²) in [6, 6.07) is 6.47. The zero-order valence-corrected chi connectivity index (χ0v) is 12.6. The fourth-order valence-electron chi connectivity index (χ4n) is 2.10. The average Bonchev–Trinajstić information content (AvgIpc) is 2.51. The van der Waals surface area contributed by atoms with E-state index >= 15 is 0 Å². The molecule has 1 aromatic heterocycles. The van der Waals surface area contributed by atoms with Crippen LogP contribution in [0.25, 0.3) is 11.0 Å². The fraction of sp³-hybridized carbons (Fsp3) is 0.312. The van der Waals surface area contributed by atoms with Crippen LogP contribution in [0.2, 0.25) is 0 Å². The highest BCUT2D eigenvalue weighted by molar-refractivity contribution is 5.82. The van der Waals surface area contributed by atoms with Crippen molar-refractivity contribution in [2.45, 2.75) is 19.8 Å². The maximum atomic E-state index is 11.5. The Balaban J connectivity index is 2.02. The molecule has 122 valence electrons. The maximum Gasteiger partial charge on any atom is 0.336 e. The molecule has 1 aromatic carbocycles. The molecule has 0 spiro atoms. The third-order valence-electron chi connectivity index (χ3n) is 3.21. The lowest BCUT2D eigenvalue weighted by Crippen LogP contribution is -2.30. The molecule has 1 heterocycles. The molecule has 0 aliphatic heterocycles. The molecule has 0 aliphatic carbocycles. The summed E-state index contributed by atoms with van der Waals surface area (Å²) in [5, 5.41) is 11.7. The number of carbonyl (C=O) groups is 2. The van der Waals surface area contributed by atoms with Crippen molar-refractivity contribution in [3.8, 4) is 5.75 Å². The zero-order valence-electron chi connectivity index (χ0n) is 12.6. The fourth-order valence-corrected chi connectivity index (χ4v) is 2.10. The lowest BCUT2D eigenvalue weighted by atomic mass is 10.1. The van der Waals surface area contributed by atoms with Crippen LogP contribution in [0, 0.1) is 0 Å².